The van der Waals surface area contributed by atoms with Crippen molar-refractivity contribution in [2.45, 2.75) is 192 Å². The molecule has 7 unspecified atom stereocenters. The van der Waals surface area contributed by atoms with Crippen LogP contribution in [-0.2, 0) is 14.3 Å². The molecule has 9 nitrogen and oxygen atoms in total. The minimum atomic E-state index is -1.54. The molecule has 0 aromatic rings. The Morgan fingerprint density at radius 1 is 0.714 bits per heavy atom. The second kappa shape index (κ2) is 25.5. The Hall–Kier alpha value is -0.810. The lowest BCUT2D eigenvalue weighted by atomic mass is 9.99. The standard InChI is InChI=1S/C33H65NO8/c1-3-4-5-6-7-8-9-10-11-12-13-14-15-16-17-18-19-20-21-22-23-28(37)27(34-26(2)36)25-41-33-32(40)31(39)30(38)29(24-35)42-33/h27-33,35,37-40H,3-25H2,1-2H3,(H,34,36). The van der Waals surface area contributed by atoms with Crippen molar-refractivity contribution in [1.82, 2.24) is 5.32 Å². The van der Waals surface area contributed by atoms with Gasteiger partial charge in [0, 0.05) is 6.92 Å². The molecule has 0 aromatic heterocycles. The molecule has 0 radical (unpaired) electrons. The molecule has 9 heteroatoms. The molecule has 1 saturated heterocycles. The molecule has 0 aliphatic carbocycles. The van der Waals surface area contributed by atoms with Gasteiger partial charge in [0.2, 0.25) is 5.91 Å². The minimum absolute atomic E-state index is 0.150. The molecular weight excluding hydrogens is 538 g/mol. The number of rotatable bonds is 27. The summed E-state index contributed by atoms with van der Waals surface area (Å²) in [5, 5.41) is 52.7. The molecule has 1 fully saturated rings. The topological polar surface area (TPSA) is 149 Å². The van der Waals surface area contributed by atoms with Crippen molar-refractivity contribution >= 4 is 5.91 Å². The average molecular weight is 604 g/mol. The highest BCUT2D eigenvalue weighted by molar-refractivity contribution is 5.73. The third-order valence-corrected chi connectivity index (χ3v) is 8.50. The summed E-state index contributed by atoms with van der Waals surface area (Å²) >= 11 is 0. The highest BCUT2D eigenvalue weighted by Crippen LogP contribution is 2.23. The number of hydrogen-bond acceptors (Lipinski definition) is 8. The van der Waals surface area contributed by atoms with E-state index in [-0.39, 0.29) is 12.5 Å². The maximum atomic E-state index is 11.7. The Morgan fingerprint density at radius 2 is 1.14 bits per heavy atom. The van der Waals surface area contributed by atoms with Gasteiger partial charge < -0.3 is 40.3 Å². The lowest BCUT2D eigenvalue weighted by Gasteiger charge is -2.40. The Morgan fingerprint density at radius 3 is 1.55 bits per heavy atom. The van der Waals surface area contributed by atoms with E-state index in [1.54, 1.807) is 0 Å². The number of amides is 1. The molecule has 0 saturated carbocycles. The molecule has 0 bridgehead atoms. The van der Waals surface area contributed by atoms with Crippen LogP contribution < -0.4 is 5.32 Å². The summed E-state index contributed by atoms with van der Waals surface area (Å²) in [7, 11) is 0. The van der Waals surface area contributed by atoms with E-state index >= 15 is 0 Å². The van der Waals surface area contributed by atoms with Gasteiger partial charge >= 0.3 is 0 Å². The molecule has 1 aliphatic heterocycles. The van der Waals surface area contributed by atoms with E-state index in [9.17, 15) is 30.3 Å². The number of aliphatic hydroxyl groups is 5. The van der Waals surface area contributed by atoms with Crippen LogP contribution in [0.1, 0.15) is 149 Å². The maximum Gasteiger partial charge on any atom is 0.217 e. The van der Waals surface area contributed by atoms with Crippen LogP contribution in [0.3, 0.4) is 0 Å². The fourth-order valence-corrected chi connectivity index (χ4v) is 5.72. The number of carbonyl (C=O) groups excluding carboxylic acids is 1. The number of hydrogen-bond donors (Lipinski definition) is 6. The molecule has 7 atom stereocenters. The largest absolute Gasteiger partial charge is 0.394 e. The molecule has 42 heavy (non-hydrogen) atoms. The van der Waals surface area contributed by atoms with Gasteiger partial charge in [0.15, 0.2) is 6.29 Å². The summed E-state index contributed by atoms with van der Waals surface area (Å²) in [5.41, 5.74) is 0. The van der Waals surface area contributed by atoms with Crippen molar-refractivity contribution in [3.8, 4) is 0 Å². The Bertz CT molecular complexity index is 637. The number of carbonyl (C=O) groups is 1. The molecule has 6 N–H and O–H groups in total. The third-order valence-electron chi connectivity index (χ3n) is 8.50. The van der Waals surface area contributed by atoms with E-state index in [0.717, 1.165) is 19.3 Å². The van der Waals surface area contributed by atoms with Crippen LogP contribution in [0.4, 0.5) is 0 Å². The minimum Gasteiger partial charge on any atom is -0.394 e. The van der Waals surface area contributed by atoms with Gasteiger partial charge in [-0.05, 0) is 6.42 Å². The highest BCUT2D eigenvalue weighted by Gasteiger charge is 2.44. The molecule has 0 spiro atoms. The number of nitrogens with one attached hydrogen (secondary N) is 1. The van der Waals surface area contributed by atoms with Crippen LogP contribution in [0.15, 0.2) is 0 Å². The van der Waals surface area contributed by atoms with Crippen molar-refractivity contribution < 1.29 is 39.8 Å². The SMILES string of the molecule is CCCCCCCCCCCCCCCCCCCCCCC(O)C(COC1OC(CO)C(O)C(O)C1O)NC(C)=O. The van der Waals surface area contributed by atoms with E-state index in [2.05, 4.69) is 12.2 Å². The molecule has 1 amide bonds. The monoisotopic (exact) mass is 603 g/mol. The van der Waals surface area contributed by atoms with Crippen molar-refractivity contribution in [1.29, 1.82) is 0 Å². The van der Waals surface area contributed by atoms with Gasteiger partial charge in [0.25, 0.3) is 0 Å². The smallest absolute Gasteiger partial charge is 0.217 e. The lowest BCUT2D eigenvalue weighted by Crippen LogP contribution is -2.60. The zero-order chi connectivity index (χ0) is 31.0. The second-order valence-electron chi connectivity index (χ2n) is 12.4. The lowest BCUT2D eigenvalue weighted by molar-refractivity contribution is -0.302. The average Bonchev–Trinajstić information content (AvgIpc) is 2.97. The zero-order valence-electron chi connectivity index (χ0n) is 26.8. The first-order chi connectivity index (χ1) is 20.3. The molecule has 1 heterocycles. The summed E-state index contributed by atoms with van der Waals surface area (Å²) in [6, 6.07) is -0.713. The van der Waals surface area contributed by atoms with Gasteiger partial charge in [-0.15, -0.1) is 0 Å². The van der Waals surface area contributed by atoms with Crippen LogP contribution in [0.25, 0.3) is 0 Å². The van der Waals surface area contributed by atoms with E-state index in [4.69, 9.17) is 9.47 Å². The summed E-state index contributed by atoms with van der Waals surface area (Å²) in [6.45, 7) is 2.92. The number of unbranched alkanes of at least 4 members (excludes halogenated alkanes) is 19. The van der Waals surface area contributed by atoms with Crippen LogP contribution in [-0.4, -0.2) is 87.5 Å². The van der Waals surface area contributed by atoms with E-state index in [1.165, 1.54) is 116 Å². The summed E-state index contributed by atoms with van der Waals surface area (Å²) in [4.78, 5) is 11.7. The predicted octanol–water partition coefficient (Wildman–Crippen LogP) is 4.88. The van der Waals surface area contributed by atoms with Crippen LogP contribution in [0, 0.1) is 0 Å². The highest BCUT2D eigenvalue weighted by atomic mass is 16.7. The first kappa shape index (κ1) is 39.2. The van der Waals surface area contributed by atoms with Gasteiger partial charge in [-0.3, -0.25) is 4.79 Å². The summed E-state index contributed by atoms with van der Waals surface area (Å²) in [6.07, 6.45) is 18.9. The van der Waals surface area contributed by atoms with Crippen LogP contribution >= 0.6 is 0 Å². The summed E-state index contributed by atoms with van der Waals surface area (Å²) in [5.74, 6) is -0.319. The predicted molar refractivity (Wildman–Crippen MR) is 166 cm³/mol. The quantitative estimate of drug-likeness (QED) is 0.0728. The Balaban J connectivity index is 2.04. The molecule has 0 aromatic carbocycles. The number of aliphatic hydroxyl groups excluding tert-OH is 5. The second-order valence-corrected chi connectivity index (χ2v) is 12.4. The molecule has 250 valence electrons. The van der Waals surface area contributed by atoms with E-state index in [1.807, 2.05) is 0 Å². The fraction of sp³-hybridized carbons (Fsp3) is 0.970. The Labute approximate surface area is 255 Å². The van der Waals surface area contributed by atoms with Crippen LogP contribution in [0.5, 0.6) is 0 Å². The first-order valence-electron chi connectivity index (χ1n) is 17.2. The van der Waals surface area contributed by atoms with Crippen molar-refractivity contribution in [3.63, 3.8) is 0 Å². The van der Waals surface area contributed by atoms with E-state index in [0.29, 0.717) is 6.42 Å². The van der Waals surface area contributed by atoms with Crippen molar-refractivity contribution in [3.05, 3.63) is 0 Å². The third kappa shape index (κ3) is 18.1. The molecular formula is C33H65NO8. The van der Waals surface area contributed by atoms with Crippen molar-refractivity contribution in [2.24, 2.45) is 0 Å². The van der Waals surface area contributed by atoms with Gasteiger partial charge in [-0.25, -0.2) is 0 Å². The number of ether oxygens (including phenoxy) is 2. The van der Waals surface area contributed by atoms with Gasteiger partial charge in [0.1, 0.15) is 24.4 Å². The summed E-state index contributed by atoms with van der Waals surface area (Å²) < 4.78 is 10.9. The van der Waals surface area contributed by atoms with Gasteiger partial charge in [-0.1, -0.05) is 135 Å². The fourth-order valence-electron chi connectivity index (χ4n) is 5.72. The normalized spacial score (nSPS) is 24.0. The Kier molecular flexibility index (Phi) is 23.8. The van der Waals surface area contributed by atoms with Crippen LogP contribution in [0.2, 0.25) is 0 Å². The van der Waals surface area contributed by atoms with Gasteiger partial charge in [-0.2, -0.15) is 0 Å². The zero-order valence-corrected chi connectivity index (χ0v) is 26.8. The maximum absolute atomic E-state index is 11.7. The van der Waals surface area contributed by atoms with Crippen molar-refractivity contribution in [2.75, 3.05) is 13.2 Å². The molecule has 1 rings (SSSR count). The van der Waals surface area contributed by atoms with Gasteiger partial charge in [0.05, 0.1) is 25.4 Å². The molecule has 1 aliphatic rings. The van der Waals surface area contributed by atoms with E-state index < -0.39 is 49.5 Å². The first-order valence-corrected chi connectivity index (χ1v) is 17.2.